The van der Waals surface area contributed by atoms with Crippen LogP contribution in [0.25, 0.3) is 11.2 Å². The monoisotopic (exact) mass is 480 g/mol. The van der Waals surface area contributed by atoms with Gasteiger partial charge in [-0.1, -0.05) is 12.1 Å². The van der Waals surface area contributed by atoms with Crippen LogP contribution in [0.15, 0.2) is 35.4 Å². The molecule has 0 aliphatic rings. The van der Waals surface area contributed by atoms with Gasteiger partial charge in [-0.3, -0.25) is 19.7 Å². The molecular weight excluding hydrogens is 454 g/mol. The van der Waals surface area contributed by atoms with Crippen LogP contribution >= 0.6 is 8.30 Å². The predicted octanol–water partition coefficient (Wildman–Crippen LogP) is 1.88. The normalized spacial score (nSPS) is 13.2. The number of hydrogen-bond donors (Lipinski definition) is 3. The number of benzene rings is 1. The van der Waals surface area contributed by atoms with E-state index in [1.165, 1.54) is 18.5 Å². The number of carbonyl (C=O) groups is 1. The number of halogens is 1. The number of fused-ring (bicyclic) bond motifs is 1. The van der Waals surface area contributed by atoms with Gasteiger partial charge in [0, 0.05) is 6.54 Å². The molecule has 0 amide bonds. The average molecular weight is 480 g/mol. The zero-order chi connectivity index (χ0) is 23.8. The van der Waals surface area contributed by atoms with Crippen LogP contribution in [0, 0.1) is 5.82 Å². The van der Waals surface area contributed by atoms with Gasteiger partial charge in [0.15, 0.2) is 11.2 Å². The zero-order valence-electron chi connectivity index (χ0n) is 18.3. The highest BCUT2D eigenvalue weighted by Gasteiger charge is 2.20. The number of nitrogens with zero attached hydrogens (tertiary/aromatic N) is 3. The molecule has 11 nitrogen and oxygen atoms in total. The van der Waals surface area contributed by atoms with Gasteiger partial charge in [-0.25, -0.2) is 9.37 Å². The van der Waals surface area contributed by atoms with Gasteiger partial charge in [0.05, 0.1) is 26.1 Å². The largest absolute Gasteiger partial charge is 0.465 e. The number of rotatable bonds is 12. The van der Waals surface area contributed by atoms with Gasteiger partial charge < -0.3 is 24.3 Å². The quantitative estimate of drug-likeness (QED) is 0.201. The molecule has 13 heteroatoms. The minimum Gasteiger partial charge on any atom is -0.465 e. The van der Waals surface area contributed by atoms with Crippen molar-refractivity contribution in [1.82, 2.24) is 24.6 Å². The van der Waals surface area contributed by atoms with Crippen molar-refractivity contribution in [2.45, 2.75) is 33.0 Å². The maximum Gasteiger partial charge on any atom is 0.323 e. The van der Waals surface area contributed by atoms with Crippen LogP contribution in [0.3, 0.4) is 0 Å². The number of nitrogens with one attached hydrogen (secondary N) is 2. The molecule has 0 saturated carbocycles. The van der Waals surface area contributed by atoms with E-state index in [0.29, 0.717) is 17.8 Å². The first-order valence-corrected chi connectivity index (χ1v) is 11.7. The molecule has 4 N–H and O–H groups in total. The van der Waals surface area contributed by atoms with Crippen LogP contribution in [0.5, 0.6) is 0 Å². The van der Waals surface area contributed by atoms with Crippen molar-refractivity contribution in [3.8, 4) is 0 Å². The summed E-state index contributed by atoms with van der Waals surface area (Å²) >= 11 is 0. The third kappa shape index (κ3) is 7.03. The number of aromatic amines is 1. The lowest BCUT2D eigenvalue weighted by molar-refractivity contribution is -0.144. The Kier molecular flexibility index (Phi) is 8.84. The van der Waals surface area contributed by atoms with Gasteiger partial charge in [0.1, 0.15) is 26.5 Å². The SMILES string of the molecule is CCOC(=O)C(C)NP(COCCn1cnc2c(=O)[nH]c(N)nc21)OCc1cccc(F)c1. The second-order valence-corrected chi connectivity index (χ2v) is 8.51. The number of hydrogen-bond acceptors (Lipinski definition) is 9. The standard InChI is InChI=1S/C20H26FN6O5P/c1-3-31-19(29)13(2)26-33(32-10-14-5-4-6-15(21)9-14)12-30-8-7-27-11-23-16-17(27)24-20(22)25-18(16)28/h4-6,9,11,13,26H,3,7-8,10,12H2,1-2H3,(H3,22,24,25,28). The first kappa shape index (κ1) is 24.7. The lowest BCUT2D eigenvalue weighted by Gasteiger charge is -2.22. The Morgan fingerprint density at radius 3 is 3.00 bits per heavy atom. The molecule has 0 aliphatic carbocycles. The van der Waals surface area contributed by atoms with Crippen LogP contribution in [-0.4, -0.2) is 51.1 Å². The summed E-state index contributed by atoms with van der Waals surface area (Å²) in [7, 11) is -1.40. The maximum atomic E-state index is 13.4. The Morgan fingerprint density at radius 1 is 1.42 bits per heavy atom. The highest BCUT2D eigenvalue weighted by molar-refractivity contribution is 7.50. The number of esters is 1. The molecule has 33 heavy (non-hydrogen) atoms. The topological polar surface area (TPSA) is 146 Å². The highest BCUT2D eigenvalue weighted by Crippen LogP contribution is 2.34. The third-order valence-corrected chi connectivity index (χ3v) is 5.97. The summed E-state index contributed by atoms with van der Waals surface area (Å²) in [5, 5.41) is 3.08. The number of nitrogens with two attached hydrogens (primary N) is 1. The molecule has 2 aromatic heterocycles. The first-order valence-electron chi connectivity index (χ1n) is 10.2. The number of nitrogen functional groups attached to an aromatic ring is 1. The summed E-state index contributed by atoms with van der Waals surface area (Å²) in [5.74, 6) is -0.759. The Labute approximate surface area is 190 Å². The van der Waals surface area contributed by atoms with Gasteiger partial charge in [-0.05, 0) is 31.5 Å². The van der Waals surface area contributed by atoms with Crippen molar-refractivity contribution in [3.05, 3.63) is 52.3 Å². The highest BCUT2D eigenvalue weighted by atomic mass is 31.2. The van der Waals surface area contributed by atoms with Crippen LogP contribution in [0.4, 0.5) is 10.3 Å². The summed E-state index contributed by atoms with van der Waals surface area (Å²) in [6.45, 7) is 4.44. The summed E-state index contributed by atoms with van der Waals surface area (Å²) in [5.41, 5.74) is 6.40. The molecule has 2 heterocycles. The Balaban J connectivity index is 1.58. The van der Waals surface area contributed by atoms with Gasteiger partial charge >= 0.3 is 5.97 Å². The molecule has 3 aromatic rings. The smallest absolute Gasteiger partial charge is 0.323 e. The summed E-state index contributed by atoms with van der Waals surface area (Å²) in [6, 6.07) is 5.48. The molecule has 2 unspecified atom stereocenters. The molecule has 0 aliphatic heterocycles. The van der Waals surface area contributed by atoms with Crippen LogP contribution in [-0.2, 0) is 31.9 Å². The van der Waals surface area contributed by atoms with Crippen LogP contribution in [0.2, 0.25) is 0 Å². The van der Waals surface area contributed by atoms with Gasteiger partial charge in [0.2, 0.25) is 5.95 Å². The van der Waals surface area contributed by atoms with E-state index in [1.54, 1.807) is 30.5 Å². The Hall–Kier alpha value is -2.92. The van der Waals surface area contributed by atoms with Crippen molar-refractivity contribution >= 4 is 31.4 Å². The van der Waals surface area contributed by atoms with Gasteiger partial charge in [-0.2, -0.15) is 4.98 Å². The zero-order valence-corrected chi connectivity index (χ0v) is 19.2. The second-order valence-electron chi connectivity index (χ2n) is 6.98. The lowest BCUT2D eigenvalue weighted by Crippen LogP contribution is -2.33. The summed E-state index contributed by atoms with van der Waals surface area (Å²) in [6.07, 6.45) is 1.65. The fraction of sp³-hybridized carbons (Fsp3) is 0.400. The molecule has 1 aromatic carbocycles. The van der Waals surface area contributed by atoms with E-state index in [-0.39, 0.29) is 43.5 Å². The van der Waals surface area contributed by atoms with E-state index in [0.717, 1.165) is 0 Å². The van der Waals surface area contributed by atoms with E-state index < -0.39 is 25.9 Å². The molecule has 178 valence electrons. The van der Waals surface area contributed by atoms with Crippen molar-refractivity contribution in [2.24, 2.45) is 0 Å². The summed E-state index contributed by atoms with van der Waals surface area (Å²) < 4.78 is 31.8. The minimum atomic E-state index is -1.40. The van der Waals surface area contributed by atoms with Crippen LogP contribution in [0.1, 0.15) is 19.4 Å². The molecule has 0 bridgehead atoms. The third-order valence-electron chi connectivity index (χ3n) is 4.43. The van der Waals surface area contributed by atoms with Gasteiger partial charge in [-0.15, -0.1) is 0 Å². The van der Waals surface area contributed by atoms with Crippen molar-refractivity contribution in [3.63, 3.8) is 0 Å². The van der Waals surface area contributed by atoms with Crippen molar-refractivity contribution < 1.29 is 23.2 Å². The maximum absolute atomic E-state index is 13.4. The molecule has 2 atom stereocenters. The van der Waals surface area contributed by atoms with Crippen molar-refractivity contribution in [1.29, 1.82) is 0 Å². The number of ether oxygens (including phenoxy) is 2. The Morgan fingerprint density at radius 2 is 2.24 bits per heavy atom. The van der Waals surface area contributed by atoms with E-state index in [1.807, 2.05) is 0 Å². The molecule has 0 fully saturated rings. The fourth-order valence-corrected chi connectivity index (χ4v) is 4.23. The summed E-state index contributed by atoms with van der Waals surface area (Å²) in [4.78, 5) is 34.4. The van der Waals surface area contributed by atoms with Crippen molar-refractivity contribution in [2.75, 3.05) is 25.3 Å². The lowest BCUT2D eigenvalue weighted by atomic mass is 10.2. The van der Waals surface area contributed by atoms with E-state index in [9.17, 15) is 14.0 Å². The fourth-order valence-electron chi connectivity index (χ4n) is 2.87. The van der Waals surface area contributed by atoms with E-state index >= 15 is 0 Å². The van der Waals surface area contributed by atoms with Gasteiger partial charge in [0.25, 0.3) is 5.56 Å². The number of imidazole rings is 1. The number of H-pyrrole nitrogens is 1. The average Bonchev–Trinajstić information content (AvgIpc) is 3.18. The molecule has 0 saturated heterocycles. The first-order chi connectivity index (χ1) is 15.9. The number of anilines is 1. The molecule has 3 rings (SSSR count). The van der Waals surface area contributed by atoms with Crippen LogP contribution < -0.4 is 16.4 Å². The number of aromatic nitrogens is 4. The van der Waals surface area contributed by atoms with E-state index in [2.05, 4.69) is 20.0 Å². The minimum absolute atomic E-state index is 0.00147. The predicted molar refractivity (Wildman–Crippen MR) is 121 cm³/mol. The molecule has 0 radical (unpaired) electrons. The Bertz CT molecular complexity index is 1140. The van der Waals surface area contributed by atoms with E-state index in [4.69, 9.17) is 19.7 Å². The molecule has 0 spiro atoms. The second kappa shape index (κ2) is 11.8. The number of carbonyl (C=O) groups excluding carboxylic acids is 1. The molecular formula is C20H26FN6O5P.